The van der Waals surface area contributed by atoms with Gasteiger partial charge in [0.1, 0.15) is 0 Å². The molecule has 2 heterocycles. The Balaban J connectivity index is 1.44. The maximum Gasteiger partial charge on any atom is 0.240 e. The molecule has 0 amide bonds. The number of benzene rings is 1. The smallest absolute Gasteiger partial charge is 0.240 e. The van der Waals surface area contributed by atoms with Gasteiger partial charge in [0, 0.05) is 19.4 Å². The number of rotatable bonds is 7. The molecule has 0 fully saturated rings. The van der Waals surface area contributed by atoms with E-state index in [1.54, 1.807) is 0 Å². The van der Waals surface area contributed by atoms with Crippen LogP contribution in [-0.2, 0) is 19.4 Å². The fraction of sp³-hybridized carbons (Fsp3) is 0.286. The summed E-state index contributed by atoms with van der Waals surface area (Å²) in [4.78, 5) is 8.29. The van der Waals surface area contributed by atoms with E-state index >= 15 is 0 Å². The molecule has 108 valence electrons. The molecule has 3 aromatic rings. The van der Waals surface area contributed by atoms with Crippen LogP contribution in [0, 0.1) is 0 Å². The van der Waals surface area contributed by atoms with Crippen LogP contribution >= 0.6 is 0 Å². The summed E-state index contributed by atoms with van der Waals surface area (Å²) in [6.07, 6.45) is 2.69. The summed E-state index contributed by atoms with van der Waals surface area (Å²) in [5.41, 5.74) is 1.16. The molecule has 0 saturated carbocycles. The normalized spacial score (nSPS) is 10.9. The first kappa shape index (κ1) is 13.4. The zero-order valence-corrected chi connectivity index (χ0v) is 11.4. The van der Waals surface area contributed by atoms with Crippen LogP contribution in [0.4, 0.5) is 0 Å². The third-order valence-electron chi connectivity index (χ3n) is 2.92. The fourth-order valence-corrected chi connectivity index (χ4v) is 1.91. The predicted octanol–water partition coefficient (Wildman–Crippen LogP) is 1.38. The second kappa shape index (κ2) is 6.76. The molecule has 1 N–H and O–H groups in total. The van der Waals surface area contributed by atoms with Crippen molar-refractivity contribution >= 4 is 0 Å². The van der Waals surface area contributed by atoms with Gasteiger partial charge in [-0.05, 0) is 5.56 Å². The van der Waals surface area contributed by atoms with E-state index in [4.69, 9.17) is 4.52 Å². The minimum atomic E-state index is 0.527. The molecular weight excluding hydrogens is 270 g/mol. The van der Waals surface area contributed by atoms with Gasteiger partial charge in [-0.25, -0.2) is 0 Å². The summed E-state index contributed by atoms with van der Waals surface area (Å²) in [6, 6.07) is 10.1. The largest absolute Gasteiger partial charge is 0.343 e. The summed E-state index contributed by atoms with van der Waals surface area (Å²) < 4.78 is 9.86. The van der Waals surface area contributed by atoms with Crippen LogP contribution in [0.3, 0.4) is 0 Å². The number of aromatic nitrogens is 4. The third-order valence-corrected chi connectivity index (χ3v) is 2.92. The second-order valence-electron chi connectivity index (χ2n) is 4.54. The van der Waals surface area contributed by atoms with E-state index in [0.29, 0.717) is 36.9 Å². The van der Waals surface area contributed by atoms with Crippen molar-refractivity contribution in [2.24, 2.45) is 0 Å². The Labute approximate surface area is 121 Å². The van der Waals surface area contributed by atoms with Crippen molar-refractivity contribution in [3.63, 3.8) is 0 Å². The molecule has 0 bridgehead atoms. The van der Waals surface area contributed by atoms with Crippen molar-refractivity contribution in [1.82, 2.24) is 25.6 Å². The molecule has 0 saturated heterocycles. The maximum absolute atomic E-state index is 5.20. The van der Waals surface area contributed by atoms with Gasteiger partial charge in [0.15, 0.2) is 11.6 Å². The lowest BCUT2D eigenvalue weighted by molar-refractivity contribution is 0.363. The van der Waals surface area contributed by atoms with Gasteiger partial charge < -0.3 is 14.4 Å². The van der Waals surface area contributed by atoms with E-state index in [-0.39, 0.29) is 0 Å². The van der Waals surface area contributed by atoms with Gasteiger partial charge in [0.25, 0.3) is 0 Å². The standard InChI is InChI=1S/C14H15N5O2/c1-2-4-11(5-3-1)8-13-17-14(21-19-13)9-15-7-6-12-16-10-20-18-12/h1-5,10,15H,6-9H2. The van der Waals surface area contributed by atoms with Gasteiger partial charge in [-0.1, -0.05) is 40.6 Å². The van der Waals surface area contributed by atoms with Crippen molar-refractivity contribution in [2.75, 3.05) is 6.54 Å². The van der Waals surface area contributed by atoms with E-state index in [1.807, 2.05) is 30.3 Å². The Kier molecular flexibility index (Phi) is 4.33. The SMILES string of the molecule is c1ccc(Cc2noc(CNCCc3ncon3)n2)cc1. The molecule has 0 aliphatic carbocycles. The monoisotopic (exact) mass is 285 g/mol. The number of hydrogen-bond acceptors (Lipinski definition) is 7. The second-order valence-corrected chi connectivity index (χ2v) is 4.54. The van der Waals surface area contributed by atoms with Gasteiger partial charge in [-0.2, -0.15) is 9.97 Å². The molecule has 0 unspecified atom stereocenters. The van der Waals surface area contributed by atoms with Crippen LogP contribution in [0.25, 0.3) is 0 Å². The van der Waals surface area contributed by atoms with Crippen molar-refractivity contribution in [3.05, 3.63) is 59.8 Å². The lowest BCUT2D eigenvalue weighted by Crippen LogP contribution is -2.17. The molecule has 2 aromatic heterocycles. The first-order chi connectivity index (χ1) is 10.4. The van der Waals surface area contributed by atoms with Gasteiger partial charge >= 0.3 is 0 Å². The molecule has 0 aliphatic rings. The minimum absolute atomic E-state index is 0.527. The van der Waals surface area contributed by atoms with Crippen molar-refractivity contribution < 1.29 is 9.05 Å². The van der Waals surface area contributed by atoms with Crippen molar-refractivity contribution in [1.29, 1.82) is 0 Å². The van der Waals surface area contributed by atoms with Gasteiger partial charge in [-0.3, -0.25) is 0 Å². The summed E-state index contributed by atoms with van der Waals surface area (Å²) in [5.74, 6) is 1.95. The van der Waals surface area contributed by atoms with E-state index in [2.05, 4.69) is 30.1 Å². The van der Waals surface area contributed by atoms with Crippen LogP contribution in [0.5, 0.6) is 0 Å². The lowest BCUT2D eigenvalue weighted by Gasteiger charge is -1.97. The first-order valence-corrected chi connectivity index (χ1v) is 6.71. The summed E-state index contributed by atoms with van der Waals surface area (Å²) in [5, 5.41) is 10.9. The van der Waals surface area contributed by atoms with Crippen LogP contribution < -0.4 is 5.32 Å². The predicted molar refractivity (Wildman–Crippen MR) is 73.3 cm³/mol. The Morgan fingerprint density at radius 3 is 2.76 bits per heavy atom. The topological polar surface area (TPSA) is 89.9 Å². The van der Waals surface area contributed by atoms with Gasteiger partial charge in [0.05, 0.1) is 6.54 Å². The van der Waals surface area contributed by atoms with E-state index in [9.17, 15) is 0 Å². The average Bonchev–Trinajstić information content (AvgIpc) is 3.17. The molecule has 21 heavy (non-hydrogen) atoms. The fourth-order valence-electron chi connectivity index (χ4n) is 1.91. The zero-order valence-electron chi connectivity index (χ0n) is 11.4. The molecule has 0 atom stereocenters. The Morgan fingerprint density at radius 2 is 1.95 bits per heavy atom. The van der Waals surface area contributed by atoms with E-state index in [1.165, 1.54) is 6.39 Å². The Hall–Kier alpha value is -2.54. The van der Waals surface area contributed by atoms with E-state index < -0.39 is 0 Å². The highest BCUT2D eigenvalue weighted by molar-refractivity contribution is 5.18. The van der Waals surface area contributed by atoms with Crippen LogP contribution in [0.2, 0.25) is 0 Å². The van der Waals surface area contributed by atoms with Gasteiger partial charge in [0.2, 0.25) is 12.3 Å². The maximum atomic E-state index is 5.20. The van der Waals surface area contributed by atoms with Crippen molar-refractivity contribution in [2.45, 2.75) is 19.4 Å². The Morgan fingerprint density at radius 1 is 1.05 bits per heavy atom. The van der Waals surface area contributed by atoms with E-state index in [0.717, 1.165) is 12.1 Å². The van der Waals surface area contributed by atoms with Gasteiger partial charge in [-0.15, -0.1) is 0 Å². The molecule has 0 spiro atoms. The molecule has 3 rings (SSSR count). The highest BCUT2D eigenvalue weighted by Crippen LogP contribution is 2.06. The summed E-state index contributed by atoms with van der Waals surface area (Å²) in [6.45, 7) is 1.25. The first-order valence-electron chi connectivity index (χ1n) is 6.71. The minimum Gasteiger partial charge on any atom is -0.343 e. The average molecular weight is 285 g/mol. The Bertz CT molecular complexity index is 651. The van der Waals surface area contributed by atoms with Crippen LogP contribution in [0.1, 0.15) is 23.1 Å². The molecule has 1 aromatic carbocycles. The lowest BCUT2D eigenvalue weighted by atomic mass is 10.1. The third kappa shape index (κ3) is 3.96. The molecule has 0 aliphatic heterocycles. The quantitative estimate of drug-likeness (QED) is 0.656. The number of nitrogens with one attached hydrogen (secondary N) is 1. The molecule has 0 radical (unpaired) electrons. The summed E-state index contributed by atoms with van der Waals surface area (Å²) >= 11 is 0. The molecular formula is C14H15N5O2. The number of hydrogen-bond donors (Lipinski definition) is 1. The molecule has 7 nitrogen and oxygen atoms in total. The van der Waals surface area contributed by atoms with Crippen LogP contribution in [0.15, 0.2) is 45.8 Å². The highest BCUT2D eigenvalue weighted by atomic mass is 16.5. The van der Waals surface area contributed by atoms with Crippen molar-refractivity contribution in [3.8, 4) is 0 Å². The molecule has 7 heteroatoms. The highest BCUT2D eigenvalue weighted by Gasteiger charge is 2.07. The summed E-state index contributed by atoms with van der Waals surface area (Å²) in [7, 11) is 0. The zero-order chi connectivity index (χ0) is 14.3. The van der Waals surface area contributed by atoms with Crippen LogP contribution in [-0.4, -0.2) is 26.8 Å². The number of nitrogens with zero attached hydrogens (tertiary/aromatic N) is 4.